The van der Waals surface area contributed by atoms with Crippen LogP contribution in [0.2, 0.25) is 6.32 Å². The standard InChI is InChI=1S/C21H37BO5.C2H4/c1-17(2)15(16(14(25)12-23)18(3,4)19(17,5)6)13(24)11-22-26-20(7,8)21(9,10)27-22;1-2/h23-25H,11-12H2,1-10H3;1-2H2/b15-13-,16-14-;. The maximum absolute atomic E-state index is 11.2. The Kier molecular flexibility index (Phi) is 6.93. The Labute approximate surface area is 177 Å². The SMILES string of the molecule is C=C.CC1(C)OB(C/C(O)=C2\C(=C(\O)CO)C(C)(C)C(C)(C)C2(C)C)OC1(C)C. The molecule has 0 aromatic carbocycles. The van der Waals surface area contributed by atoms with Crippen molar-refractivity contribution in [3.63, 3.8) is 0 Å². The lowest BCUT2D eigenvalue weighted by Crippen LogP contribution is -2.41. The van der Waals surface area contributed by atoms with Crippen molar-refractivity contribution in [2.45, 2.75) is 86.8 Å². The van der Waals surface area contributed by atoms with E-state index >= 15 is 0 Å². The number of hydrogen-bond acceptors (Lipinski definition) is 5. The number of hydrogen-bond donors (Lipinski definition) is 3. The van der Waals surface area contributed by atoms with Crippen LogP contribution in [-0.4, -0.2) is 40.2 Å². The Morgan fingerprint density at radius 2 is 1.10 bits per heavy atom. The van der Waals surface area contributed by atoms with Crippen molar-refractivity contribution < 1.29 is 24.6 Å². The molecule has 6 heteroatoms. The summed E-state index contributed by atoms with van der Waals surface area (Å²) < 4.78 is 12.1. The summed E-state index contributed by atoms with van der Waals surface area (Å²) in [5.41, 5.74) is -0.785. The van der Waals surface area contributed by atoms with Gasteiger partial charge in [0.2, 0.25) is 0 Å². The van der Waals surface area contributed by atoms with Crippen LogP contribution in [0.4, 0.5) is 0 Å². The van der Waals surface area contributed by atoms with Gasteiger partial charge in [-0.05, 0) is 43.9 Å². The maximum atomic E-state index is 11.2. The van der Waals surface area contributed by atoms with Crippen molar-refractivity contribution in [3.8, 4) is 0 Å². The summed E-state index contributed by atoms with van der Waals surface area (Å²) in [5.74, 6) is 0.0567. The minimum absolute atomic E-state index is 0.0888. The molecule has 0 bridgehead atoms. The number of aliphatic hydroxyl groups is 3. The first-order valence-electron chi connectivity index (χ1n) is 10.3. The molecule has 1 heterocycles. The number of allylic oxidation sites excluding steroid dienone is 3. The molecule has 1 saturated carbocycles. The first-order valence-corrected chi connectivity index (χ1v) is 10.3. The van der Waals surface area contributed by atoms with E-state index in [1.807, 2.05) is 41.5 Å². The number of rotatable bonds is 3. The fraction of sp³-hybridized carbons (Fsp3) is 0.739. The summed E-state index contributed by atoms with van der Waals surface area (Å²) >= 11 is 0. The minimum Gasteiger partial charge on any atom is -0.513 e. The van der Waals surface area contributed by atoms with Crippen molar-refractivity contribution in [1.82, 2.24) is 0 Å². The van der Waals surface area contributed by atoms with Gasteiger partial charge < -0.3 is 24.6 Å². The van der Waals surface area contributed by atoms with Crippen LogP contribution in [0.15, 0.2) is 35.8 Å². The monoisotopic (exact) mass is 408 g/mol. The van der Waals surface area contributed by atoms with Gasteiger partial charge >= 0.3 is 7.12 Å². The lowest BCUT2D eigenvalue weighted by atomic mass is 9.60. The van der Waals surface area contributed by atoms with E-state index in [2.05, 4.69) is 40.9 Å². The molecule has 2 aliphatic rings. The summed E-state index contributed by atoms with van der Waals surface area (Å²) in [6.07, 6.45) is 0.194. The number of aliphatic hydroxyl groups excluding tert-OH is 3. The average molecular weight is 408 g/mol. The third kappa shape index (κ3) is 3.80. The van der Waals surface area contributed by atoms with E-state index in [1.54, 1.807) is 0 Å². The Balaban J connectivity index is 0.00000204. The zero-order valence-corrected chi connectivity index (χ0v) is 20.1. The van der Waals surface area contributed by atoms with Gasteiger partial charge in [0.05, 0.1) is 17.0 Å². The second-order valence-electron chi connectivity index (χ2n) is 10.6. The lowest BCUT2D eigenvalue weighted by Gasteiger charge is -2.43. The summed E-state index contributed by atoms with van der Waals surface area (Å²) in [6, 6.07) is 0. The van der Waals surface area contributed by atoms with E-state index in [-0.39, 0.29) is 23.3 Å². The second-order valence-corrected chi connectivity index (χ2v) is 10.6. The largest absolute Gasteiger partial charge is 0.513 e. The zero-order chi connectivity index (χ0) is 23.2. The average Bonchev–Trinajstić information content (AvgIpc) is 2.84. The molecular formula is C23H41BO5. The van der Waals surface area contributed by atoms with Gasteiger partial charge in [0.15, 0.2) is 0 Å². The van der Waals surface area contributed by atoms with Crippen molar-refractivity contribution >= 4 is 7.12 Å². The van der Waals surface area contributed by atoms with Gasteiger partial charge in [-0.1, -0.05) is 41.5 Å². The Bertz CT molecular complexity index is 682. The van der Waals surface area contributed by atoms with Crippen LogP contribution in [0.1, 0.15) is 69.2 Å². The van der Waals surface area contributed by atoms with Crippen LogP contribution in [0, 0.1) is 16.2 Å². The first kappa shape index (κ1) is 25.8. The summed E-state index contributed by atoms with van der Waals surface area (Å²) in [4.78, 5) is 0. The molecule has 0 amide bonds. The molecule has 1 aliphatic heterocycles. The van der Waals surface area contributed by atoms with Crippen LogP contribution >= 0.6 is 0 Å². The highest BCUT2D eigenvalue weighted by Gasteiger charge is 2.61. The van der Waals surface area contributed by atoms with Crippen LogP contribution < -0.4 is 0 Å². The van der Waals surface area contributed by atoms with Gasteiger partial charge in [0.25, 0.3) is 0 Å². The fourth-order valence-electron chi connectivity index (χ4n) is 4.43. The minimum atomic E-state index is -0.567. The molecule has 1 saturated heterocycles. The molecule has 29 heavy (non-hydrogen) atoms. The first-order chi connectivity index (χ1) is 12.9. The zero-order valence-electron chi connectivity index (χ0n) is 20.1. The molecule has 2 fully saturated rings. The lowest BCUT2D eigenvalue weighted by molar-refractivity contribution is 0.00578. The smallest absolute Gasteiger partial charge is 0.465 e. The van der Waals surface area contributed by atoms with Crippen molar-refractivity contribution in [2.24, 2.45) is 16.2 Å². The van der Waals surface area contributed by atoms with Crippen molar-refractivity contribution in [1.29, 1.82) is 0 Å². The Hall–Kier alpha value is -1.24. The molecule has 166 valence electrons. The van der Waals surface area contributed by atoms with E-state index in [1.165, 1.54) is 0 Å². The molecule has 0 radical (unpaired) electrons. The van der Waals surface area contributed by atoms with E-state index in [0.29, 0.717) is 11.1 Å². The second kappa shape index (κ2) is 7.79. The van der Waals surface area contributed by atoms with Gasteiger partial charge in [-0.2, -0.15) is 0 Å². The predicted molar refractivity (Wildman–Crippen MR) is 120 cm³/mol. The van der Waals surface area contributed by atoms with E-state index in [9.17, 15) is 15.3 Å². The van der Waals surface area contributed by atoms with Crippen LogP contribution in [-0.2, 0) is 9.31 Å². The van der Waals surface area contributed by atoms with Crippen LogP contribution in [0.5, 0.6) is 0 Å². The van der Waals surface area contributed by atoms with Gasteiger partial charge in [-0.15, -0.1) is 13.2 Å². The molecule has 5 nitrogen and oxygen atoms in total. The van der Waals surface area contributed by atoms with Gasteiger partial charge in [0, 0.05) is 17.5 Å². The normalized spacial score (nSPS) is 29.1. The third-order valence-electron chi connectivity index (χ3n) is 8.01. The third-order valence-corrected chi connectivity index (χ3v) is 8.01. The highest BCUT2D eigenvalue weighted by molar-refractivity contribution is 6.46. The van der Waals surface area contributed by atoms with Crippen LogP contribution in [0.3, 0.4) is 0 Å². The highest BCUT2D eigenvalue weighted by Crippen LogP contribution is 2.68. The van der Waals surface area contributed by atoms with E-state index < -0.39 is 35.8 Å². The maximum Gasteiger partial charge on any atom is 0.465 e. The summed E-state index contributed by atoms with van der Waals surface area (Å²) in [7, 11) is -0.567. The van der Waals surface area contributed by atoms with E-state index in [0.717, 1.165) is 0 Å². The quantitative estimate of drug-likeness (QED) is 0.322. The van der Waals surface area contributed by atoms with Crippen LogP contribution in [0.25, 0.3) is 0 Å². The molecule has 1 aliphatic carbocycles. The summed E-state index contributed by atoms with van der Waals surface area (Å²) in [6.45, 7) is 26.0. The molecule has 2 rings (SSSR count). The Morgan fingerprint density at radius 1 is 0.759 bits per heavy atom. The predicted octanol–water partition coefficient (Wildman–Crippen LogP) is 5.59. The highest BCUT2D eigenvalue weighted by atomic mass is 16.7. The van der Waals surface area contributed by atoms with Gasteiger partial charge in [-0.3, -0.25) is 0 Å². The fourth-order valence-corrected chi connectivity index (χ4v) is 4.43. The van der Waals surface area contributed by atoms with Crippen molar-refractivity contribution in [3.05, 3.63) is 35.8 Å². The molecular weight excluding hydrogens is 367 g/mol. The molecule has 3 N–H and O–H groups in total. The van der Waals surface area contributed by atoms with Gasteiger partial charge in [-0.25, -0.2) is 0 Å². The molecule has 0 spiro atoms. The summed E-state index contributed by atoms with van der Waals surface area (Å²) in [5, 5.41) is 31.3. The van der Waals surface area contributed by atoms with E-state index in [4.69, 9.17) is 9.31 Å². The van der Waals surface area contributed by atoms with Gasteiger partial charge in [0.1, 0.15) is 12.4 Å². The Morgan fingerprint density at radius 3 is 1.45 bits per heavy atom. The molecule has 0 atom stereocenters. The molecule has 0 aromatic rings. The molecule has 0 aromatic heterocycles. The topological polar surface area (TPSA) is 79.2 Å². The molecule has 0 unspecified atom stereocenters. The van der Waals surface area contributed by atoms with Crippen molar-refractivity contribution in [2.75, 3.05) is 6.61 Å².